The Labute approximate surface area is 119 Å². The number of halogens is 1. The van der Waals surface area contributed by atoms with Crippen molar-refractivity contribution in [2.75, 3.05) is 11.9 Å². The number of carbonyl (C=O) groups is 1. The molecule has 0 aliphatic rings. The number of nitrogens with zero attached hydrogens (tertiary/aromatic N) is 1. The number of carbonyl (C=O) groups excluding carboxylic acids is 1. The smallest absolute Gasteiger partial charge is 0.227 e. The van der Waals surface area contributed by atoms with E-state index in [2.05, 4.69) is 42.8 Å². The van der Waals surface area contributed by atoms with Gasteiger partial charge in [0.1, 0.15) is 0 Å². The molecule has 1 aromatic carbocycles. The molecule has 0 unspecified atom stereocenters. The van der Waals surface area contributed by atoms with Crippen LogP contribution in [0.25, 0.3) is 0 Å². The van der Waals surface area contributed by atoms with Crippen molar-refractivity contribution in [2.45, 2.75) is 39.7 Å². The molecule has 18 heavy (non-hydrogen) atoms. The maximum atomic E-state index is 12.3. The minimum absolute atomic E-state index is 0.222. The first-order valence-electron chi connectivity index (χ1n) is 6.46. The fourth-order valence-electron chi connectivity index (χ4n) is 1.97. The van der Waals surface area contributed by atoms with Crippen molar-refractivity contribution in [1.82, 2.24) is 4.90 Å². The number of rotatable bonds is 6. The first-order chi connectivity index (χ1) is 8.56. The molecule has 0 heterocycles. The summed E-state index contributed by atoms with van der Waals surface area (Å²) in [5, 5.41) is 0.938. The molecule has 0 fully saturated rings. The van der Waals surface area contributed by atoms with Crippen LogP contribution in [0.4, 0.5) is 0 Å². The summed E-state index contributed by atoms with van der Waals surface area (Å²) in [6.07, 6.45) is 1.50. The average Bonchev–Trinajstić information content (AvgIpc) is 2.32. The molecule has 1 amide bonds. The highest BCUT2D eigenvalue weighted by molar-refractivity contribution is 9.09. The number of hydrogen-bond acceptors (Lipinski definition) is 1. The summed E-state index contributed by atoms with van der Waals surface area (Å²) in [5.74, 6) is 0.222. The Hall–Kier alpha value is -0.830. The summed E-state index contributed by atoms with van der Waals surface area (Å²) >= 11 is 3.42. The van der Waals surface area contributed by atoms with Crippen LogP contribution in [0.15, 0.2) is 24.3 Å². The number of benzene rings is 1. The minimum atomic E-state index is 0.222. The van der Waals surface area contributed by atoms with E-state index in [9.17, 15) is 4.79 Å². The van der Waals surface area contributed by atoms with Crippen molar-refractivity contribution in [3.05, 3.63) is 35.4 Å². The summed E-state index contributed by atoms with van der Waals surface area (Å²) < 4.78 is 0. The molecule has 3 heteroatoms. The first kappa shape index (κ1) is 15.2. The van der Waals surface area contributed by atoms with Gasteiger partial charge < -0.3 is 4.90 Å². The van der Waals surface area contributed by atoms with Gasteiger partial charge in [0.25, 0.3) is 0 Å². The molecule has 2 nitrogen and oxygen atoms in total. The van der Waals surface area contributed by atoms with Gasteiger partial charge in [0.15, 0.2) is 0 Å². The Kier molecular flexibility index (Phi) is 6.41. The van der Waals surface area contributed by atoms with Crippen LogP contribution in [0, 0.1) is 6.92 Å². The maximum Gasteiger partial charge on any atom is 0.227 e. The highest BCUT2D eigenvalue weighted by atomic mass is 79.9. The van der Waals surface area contributed by atoms with Gasteiger partial charge in [0.05, 0.1) is 6.42 Å². The second-order valence-electron chi connectivity index (χ2n) is 4.83. The van der Waals surface area contributed by atoms with E-state index in [-0.39, 0.29) is 11.9 Å². The van der Waals surface area contributed by atoms with Gasteiger partial charge in [-0.05, 0) is 38.3 Å². The molecule has 0 radical (unpaired) electrons. The normalized spacial score (nSPS) is 10.7. The van der Waals surface area contributed by atoms with Crippen LogP contribution in [-0.2, 0) is 11.2 Å². The van der Waals surface area contributed by atoms with Crippen LogP contribution in [0.5, 0.6) is 0 Å². The predicted octanol–water partition coefficient (Wildman–Crippen LogP) is 3.56. The van der Waals surface area contributed by atoms with E-state index < -0.39 is 0 Å². The highest BCUT2D eigenvalue weighted by Crippen LogP contribution is 2.11. The summed E-state index contributed by atoms with van der Waals surface area (Å²) in [5.41, 5.74) is 2.32. The fourth-order valence-corrected chi connectivity index (χ4v) is 2.22. The van der Waals surface area contributed by atoms with Crippen LogP contribution >= 0.6 is 15.9 Å². The first-order valence-corrected chi connectivity index (χ1v) is 7.58. The molecule has 0 saturated heterocycles. The molecule has 0 spiro atoms. The number of amides is 1. The summed E-state index contributed by atoms with van der Waals surface area (Å²) in [6.45, 7) is 7.03. The van der Waals surface area contributed by atoms with Crippen molar-refractivity contribution in [3.8, 4) is 0 Å². The Bertz CT molecular complexity index is 390. The van der Waals surface area contributed by atoms with Crippen molar-refractivity contribution in [2.24, 2.45) is 0 Å². The van der Waals surface area contributed by atoms with E-state index in [0.717, 1.165) is 23.9 Å². The Balaban J connectivity index is 2.70. The number of alkyl halides is 1. The Morgan fingerprint density at radius 2 is 2.00 bits per heavy atom. The Morgan fingerprint density at radius 1 is 1.33 bits per heavy atom. The van der Waals surface area contributed by atoms with Crippen LogP contribution < -0.4 is 0 Å². The van der Waals surface area contributed by atoms with Gasteiger partial charge in [0, 0.05) is 17.9 Å². The lowest BCUT2D eigenvalue weighted by molar-refractivity contribution is -0.132. The topological polar surface area (TPSA) is 20.3 Å². The van der Waals surface area contributed by atoms with Gasteiger partial charge in [0.2, 0.25) is 5.91 Å². The van der Waals surface area contributed by atoms with Crippen LogP contribution in [0.1, 0.15) is 31.4 Å². The van der Waals surface area contributed by atoms with Crippen molar-refractivity contribution in [3.63, 3.8) is 0 Å². The van der Waals surface area contributed by atoms with Crippen molar-refractivity contribution in [1.29, 1.82) is 0 Å². The zero-order valence-electron chi connectivity index (χ0n) is 11.4. The Morgan fingerprint density at radius 3 is 2.56 bits per heavy atom. The van der Waals surface area contributed by atoms with E-state index in [1.54, 1.807) is 0 Å². The number of hydrogen-bond donors (Lipinski definition) is 0. The third-order valence-electron chi connectivity index (χ3n) is 3.08. The summed E-state index contributed by atoms with van der Waals surface area (Å²) in [6, 6.07) is 8.36. The maximum absolute atomic E-state index is 12.3. The number of aryl methyl sites for hydroxylation is 1. The molecule has 1 rings (SSSR count). The van der Waals surface area contributed by atoms with Crippen LogP contribution in [0.2, 0.25) is 0 Å². The van der Waals surface area contributed by atoms with Gasteiger partial charge in [-0.2, -0.15) is 0 Å². The summed E-state index contributed by atoms with van der Waals surface area (Å²) in [4.78, 5) is 14.3. The minimum Gasteiger partial charge on any atom is -0.340 e. The molecular formula is C15H22BrNO. The summed E-state index contributed by atoms with van der Waals surface area (Å²) in [7, 11) is 0. The van der Waals surface area contributed by atoms with E-state index >= 15 is 0 Å². The molecule has 0 aliphatic heterocycles. The predicted molar refractivity (Wildman–Crippen MR) is 80.1 cm³/mol. The van der Waals surface area contributed by atoms with Gasteiger partial charge in [-0.25, -0.2) is 0 Å². The lowest BCUT2D eigenvalue weighted by atomic mass is 10.0. The molecule has 0 saturated carbocycles. The molecule has 0 atom stereocenters. The van der Waals surface area contributed by atoms with Gasteiger partial charge >= 0.3 is 0 Å². The van der Waals surface area contributed by atoms with Crippen molar-refractivity contribution >= 4 is 21.8 Å². The van der Waals surface area contributed by atoms with E-state index in [4.69, 9.17) is 0 Å². The van der Waals surface area contributed by atoms with Gasteiger partial charge in [-0.1, -0.05) is 40.2 Å². The standard InChI is InChI=1S/C15H22BrNO/c1-12(2)17(10-6-9-16)15(18)11-14-8-5-4-7-13(14)3/h4-5,7-8,12H,6,9-11H2,1-3H3. The molecule has 1 aromatic rings. The lowest BCUT2D eigenvalue weighted by Gasteiger charge is -2.27. The molecule has 0 bridgehead atoms. The second-order valence-corrected chi connectivity index (χ2v) is 5.62. The van der Waals surface area contributed by atoms with E-state index in [1.807, 2.05) is 23.1 Å². The molecule has 0 N–H and O–H groups in total. The van der Waals surface area contributed by atoms with Crippen molar-refractivity contribution < 1.29 is 4.79 Å². The molecule has 0 aliphatic carbocycles. The van der Waals surface area contributed by atoms with Gasteiger partial charge in [-0.3, -0.25) is 4.79 Å². The van der Waals surface area contributed by atoms with Crippen LogP contribution in [0.3, 0.4) is 0 Å². The monoisotopic (exact) mass is 311 g/mol. The quantitative estimate of drug-likeness (QED) is 0.736. The van der Waals surface area contributed by atoms with E-state index in [1.165, 1.54) is 5.56 Å². The largest absolute Gasteiger partial charge is 0.340 e. The SMILES string of the molecule is Cc1ccccc1CC(=O)N(CCCBr)C(C)C. The zero-order valence-corrected chi connectivity index (χ0v) is 13.0. The third kappa shape index (κ3) is 4.45. The average molecular weight is 312 g/mol. The molecule has 0 aromatic heterocycles. The highest BCUT2D eigenvalue weighted by Gasteiger charge is 2.17. The van der Waals surface area contributed by atoms with Crippen LogP contribution in [-0.4, -0.2) is 28.7 Å². The second kappa shape index (κ2) is 7.57. The molecule has 100 valence electrons. The van der Waals surface area contributed by atoms with E-state index in [0.29, 0.717) is 6.42 Å². The third-order valence-corrected chi connectivity index (χ3v) is 3.64. The molecular weight excluding hydrogens is 290 g/mol. The lowest BCUT2D eigenvalue weighted by Crippen LogP contribution is -2.38. The zero-order chi connectivity index (χ0) is 13.5. The fraction of sp³-hybridized carbons (Fsp3) is 0.533. The van der Waals surface area contributed by atoms with Gasteiger partial charge in [-0.15, -0.1) is 0 Å².